The van der Waals surface area contributed by atoms with Crippen LogP contribution in [0.4, 0.5) is 34.1 Å². The molecule has 0 heterocycles. The Morgan fingerprint density at radius 3 is 1.53 bits per heavy atom. The molecule has 5 aromatic carbocycles. The van der Waals surface area contributed by atoms with E-state index < -0.39 is 0 Å². The van der Waals surface area contributed by atoms with Crippen molar-refractivity contribution in [1.29, 1.82) is 0 Å². The lowest BCUT2D eigenvalue weighted by Crippen LogP contribution is -2.11. The Hall–Kier alpha value is -4.44. The molecule has 0 fully saturated rings. The summed E-state index contributed by atoms with van der Waals surface area (Å²) >= 11 is 0. The van der Waals surface area contributed by atoms with Gasteiger partial charge in [-0.05, 0) is 89.3 Å². The highest BCUT2D eigenvalue weighted by Crippen LogP contribution is 2.41. The van der Waals surface area contributed by atoms with Gasteiger partial charge in [-0.25, -0.2) is 0 Å². The van der Waals surface area contributed by atoms with Crippen LogP contribution in [0.25, 0.3) is 21.9 Å². The number of benzene rings is 5. The summed E-state index contributed by atoms with van der Waals surface area (Å²) in [6, 6.07) is 36.7. The molecule has 0 bridgehead atoms. The molecule has 0 radical (unpaired) electrons. The minimum atomic E-state index is 0.728. The molecule has 0 saturated carbocycles. The van der Waals surface area contributed by atoms with Gasteiger partial charge in [0, 0.05) is 33.8 Å². The number of hydrogen-bond acceptors (Lipinski definition) is 4. The summed E-state index contributed by atoms with van der Waals surface area (Å²) in [7, 11) is 0. The summed E-state index contributed by atoms with van der Waals surface area (Å²) in [6.07, 6.45) is 0. The van der Waals surface area contributed by atoms with E-state index in [1.54, 1.807) is 0 Å². The number of hydrogen-bond donors (Lipinski definition) is 3. The summed E-state index contributed by atoms with van der Waals surface area (Å²) in [5.41, 5.74) is 25.4. The van der Waals surface area contributed by atoms with E-state index in [1.165, 1.54) is 0 Å². The third-order valence-corrected chi connectivity index (χ3v) is 5.63. The first-order valence-electron chi connectivity index (χ1n) is 10.5. The molecule has 156 valence electrons. The zero-order valence-electron chi connectivity index (χ0n) is 17.6. The van der Waals surface area contributed by atoms with Crippen LogP contribution in [0.2, 0.25) is 0 Å². The monoisotopic (exact) mass is 416 g/mol. The van der Waals surface area contributed by atoms with Gasteiger partial charge < -0.3 is 22.1 Å². The predicted octanol–water partition coefficient (Wildman–Crippen LogP) is 6.72. The van der Waals surface area contributed by atoms with Gasteiger partial charge in [-0.15, -0.1) is 0 Å². The van der Waals surface area contributed by atoms with Crippen molar-refractivity contribution in [1.82, 2.24) is 0 Å². The Morgan fingerprint density at radius 2 is 0.969 bits per heavy atom. The Morgan fingerprint density at radius 1 is 0.469 bits per heavy atom. The van der Waals surface area contributed by atoms with E-state index in [0.29, 0.717) is 0 Å². The van der Waals surface area contributed by atoms with Crippen LogP contribution in [0.1, 0.15) is 0 Å². The van der Waals surface area contributed by atoms with E-state index in [1.807, 2.05) is 60.7 Å². The van der Waals surface area contributed by atoms with Crippen molar-refractivity contribution in [3.05, 3.63) is 109 Å². The lowest BCUT2D eigenvalue weighted by Gasteiger charge is -2.28. The van der Waals surface area contributed by atoms with Crippen LogP contribution in [0.3, 0.4) is 0 Å². The molecule has 0 atom stereocenters. The number of nitrogens with two attached hydrogens (primary N) is 3. The molecule has 0 saturated heterocycles. The lowest BCUT2D eigenvalue weighted by molar-refractivity contribution is 1.30. The van der Waals surface area contributed by atoms with Gasteiger partial charge in [0.15, 0.2) is 0 Å². The second-order valence-electron chi connectivity index (χ2n) is 7.86. The average molecular weight is 417 g/mol. The largest absolute Gasteiger partial charge is 0.399 e. The lowest BCUT2D eigenvalue weighted by atomic mass is 9.98. The van der Waals surface area contributed by atoms with Gasteiger partial charge in [0.2, 0.25) is 0 Å². The van der Waals surface area contributed by atoms with Crippen molar-refractivity contribution in [2.75, 3.05) is 22.1 Å². The highest BCUT2D eigenvalue weighted by molar-refractivity contribution is 6.02. The Bertz CT molecular complexity index is 1330. The van der Waals surface area contributed by atoms with Crippen molar-refractivity contribution < 1.29 is 0 Å². The summed E-state index contributed by atoms with van der Waals surface area (Å²) in [4.78, 5) is 2.24. The zero-order valence-corrected chi connectivity index (χ0v) is 17.6. The molecule has 5 rings (SSSR count). The van der Waals surface area contributed by atoms with Gasteiger partial charge in [-0.2, -0.15) is 0 Å². The maximum atomic E-state index is 5.98. The van der Waals surface area contributed by atoms with E-state index in [0.717, 1.165) is 56.0 Å². The van der Waals surface area contributed by atoms with Crippen LogP contribution in [0.5, 0.6) is 0 Å². The van der Waals surface area contributed by atoms with Gasteiger partial charge in [0.05, 0.1) is 5.69 Å². The summed E-state index contributed by atoms with van der Waals surface area (Å²) in [5.74, 6) is 0. The van der Waals surface area contributed by atoms with Crippen LogP contribution < -0.4 is 22.1 Å². The third kappa shape index (κ3) is 3.70. The van der Waals surface area contributed by atoms with E-state index in [2.05, 4.69) is 53.4 Å². The van der Waals surface area contributed by atoms with E-state index >= 15 is 0 Å². The molecule has 4 nitrogen and oxygen atoms in total. The number of nitrogens with zero attached hydrogens (tertiary/aromatic N) is 1. The molecular weight excluding hydrogens is 392 g/mol. The van der Waals surface area contributed by atoms with Crippen molar-refractivity contribution >= 4 is 44.9 Å². The Kier molecular flexibility index (Phi) is 4.88. The maximum absolute atomic E-state index is 5.98. The molecule has 0 aromatic heterocycles. The molecule has 0 unspecified atom stereocenters. The molecule has 4 heteroatoms. The zero-order chi connectivity index (χ0) is 22.1. The van der Waals surface area contributed by atoms with E-state index in [-0.39, 0.29) is 0 Å². The normalized spacial score (nSPS) is 10.9. The highest BCUT2D eigenvalue weighted by Gasteiger charge is 2.17. The van der Waals surface area contributed by atoms with Crippen LogP contribution >= 0.6 is 0 Å². The first-order valence-corrected chi connectivity index (χ1v) is 10.5. The number of nitrogen functional groups attached to an aromatic ring is 3. The summed E-state index contributed by atoms with van der Waals surface area (Å²) < 4.78 is 0. The standard InChI is InChI=1S/C28H24N4/c29-22-7-5-19(6-8-22)21-17-20-3-1-2-4-27(20)28(18-21)32(25-13-9-23(30)10-14-25)26-15-11-24(31)12-16-26/h1-18H,29-31H2. The van der Waals surface area contributed by atoms with Gasteiger partial charge in [-0.3, -0.25) is 0 Å². The SMILES string of the molecule is Nc1ccc(-c2cc(N(c3ccc(N)cc3)c3ccc(N)cc3)c3ccccc3c2)cc1. The van der Waals surface area contributed by atoms with Crippen LogP contribution in [-0.2, 0) is 0 Å². The fraction of sp³-hybridized carbons (Fsp3) is 0. The van der Waals surface area contributed by atoms with E-state index in [9.17, 15) is 0 Å². The van der Waals surface area contributed by atoms with Crippen LogP contribution in [-0.4, -0.2) is 0 Å². The third-order valence-electron chi connectivity index (χ3n) is 5.63. The average Bonchev–Trinajstić information content (AvgIpc) is 2.82. The van der Waals surface area contributed by atoms with Crippen molar-refractivity contribution in [2.45, 2.75) is 0 Å². The molecule has 0 spiro atoms. The molecule has 0 amide bonds. The topological polar surface area (TPSA) is 81.3 Å². The molecule has 5 aromatic rings. The molecule has 32 heavy (non-hydrogen) atoms. The first kappa shape index (κ1) is 19.5. The molecule has 0 aliphatic rings. The molecular formula is C28H24N4. The summed E-state index contributed by atoms with van der Waals surface area (Å²) in [5, 5.41) is 2.31. The molecule has 0 aliphatic carbocycles. The number of anilines is 6. The van der Waals surface area contributed by atoms with Gasteiger partial charge in [0.1, 0.15) is 0 Å². The second-order valence-corrected chi connectivity index (χ2v) is 7.86. The predicted molar refractivity (Wildman–Crippen MR) is 137 cm³/mol. The maximum Gasteiger partial charge on any atom is 0.0546 e. The Balaban J connectivity index is 1.78. The van der Waals surface area contributed by atoms with Crippen LogP contribution in [0, 0.1) is 0 Å². The van der Waals surface area contributed by atoms with Gasteiger partial charge in [0.25, 0.3) is 0 Å². The molecule has 0 aliphatic heterocycles. The first-order chi connectivity index (χ1) is 15.6. The second kappa shape index (κ2) is 8.00. The number of rotatable bonds is 4. The quantitative estimate of drug-likeness (QED) is 0.284. The van der Waals surface area contributed by atoms with Gasteiger partial charge in [-0.1, -0.05) is 36.4 Å². The van der Waals surface area contributed by atoms with Crippen LogP contribution in [0.15, 0.2) is 109 Å². The minimum Gasteiger partial charge on any atom is -0.399 e. The smallest absolute Gasteiger partial charge is 0.0546 e. The fourth-order valence-electron chi connectivity index (χ4n) is 3.99. The van der Waals surface area contributed by atoms with Gasteiger partial charge >= 0.3 is 0 Å². The summed E-state index contributed by atoms with van der Waals surface area (Å²) in [6.45, 7) is 0. The fourth-order valence-corrected chi connectivity index (χ4v) is 3.99. The molecule has 6 N–H and O–H groups in total. The Labute approximate surface area is 187 Å². The highest BCUT2D eigenvalue weighted by atomic mass is 15.1. The van der Waals surface area contributed by atoms with E-state index in [4.69, 9.17) is 17.2 Å². The van der Waals surface area contributed by atoms with Crippen molar-refractivity contribution in [2.24, 2.45) is 0 Å². The number of fused-ring (bicyclic) bond motifs is 1. The minimum absolute atomic E-state index is 0.728. The van der Waals surface area contributed by atoms with Crippen molar-refractivity contribution in [3.63, 3.8) is 0 Å². The van der Waals surface area contributed by atoms with Crippen molar-refractivity contribution in [3.8, 4) is 11.1 Å².